The van der Waals surface area contributed by atoms with Gasteiger partial charge >= 0.3 is 0 Å². The van der Waals surface area contributed by atoms with Crippen LogP contribution in [0.15, 0.2) is 90.6 Å². The molecule has 0 fully saturated rings. The number of para-hydroxylation sites is 1. The van der Waals surface area contributed by atoms with Crippen molar-refractivity contribution in [3.05, 3.63) is 95.4 Å². The fraction of sp³-hybridized carbons (Fsp3) is 0. The third kappa shape index (κ3) is 3.55. The molecule has 2 aromatic heterocycles. The van der Waals surface area contributed by atoms with Crippen LogP contribution in [0.5, 0.6) is 0 Å². The minimum Gasteiger partial charge on any atom is -0.321 e. The molecule has 1 amide bonds. The summed E-state index contributed by atoms with van der Waals surface area (Å²) in [5.41, 5.74) is 5.23. The van der Waals surface area contributed by atoms with E-state index in [1.807, 2.05) is 53.9 Å². The molecule has 2 heterocycles. The van der Waals surface area contributed by atoms with Gasteiger partial charge in [0.2, 0.25) is 0 Å². The van der Waals surface area contributed by atoms with E-state index >= 15 is 0 Å². The van der Waals surface area contributed by atoms with Gasteiger partial charge in [0.25, 0.3) is 5.91 Å². The van der Waals surface area contributed by atoms with E-state index in [9.17, 15) is 4.79 Å². The highest BCUT2D eigenvalue weighted by Crippen LogP contribution is 2.28. The first-order valence-corrected chi connectivity index (χ1v) is 9.13. The molecule has 0 unspecified atom stereocenters. The molecule has 0 aliphatic heterocycles. The largest absolute Gasteiger partial charge is 0.321 e. The lowest BCUT2D eigenvalue weighted by Gasteiger charge is -2.03. The Balaban J connectivity index is 1.52. The minimum absolute atomic E-state index is 0.0825. The molecular formula is C22H16N2OS. The van der Waals surface area contributed by atoms with Crippen molar-refractivity contribution in [3.63, 3.8) is 0 Å². The molecule has 0 atom stereocenters. The van der Waals surface area contributed by atoms with Gasteiger partial charge in [-0.15, -0.1) is 11.3 Å². The predicted molar refractivity (Wildman–Crippen MR) is 107 cm³/mol. The van der Waals surface area contributed by atoms with Crippen molar-refractivity contribution < 1.29 is 4.79 Å². The Morgan fingerprint density at radius 1 is 0.769 bits per heavy atom. The van der Waals surface area contributed by atoms with Crippen molar-refractivity contribution in [2.75, 3.05) is 5.32 Å². The Morgan fingerprint density at radius 3 is 2.08 bits per heavy atom. The van der Waals surface area contributed by atoms with Crippen LogP contribution in [0.25, 0.3) is 22.3 Å². The summed E-state index contributed by atoms with van der Waals surface area (Å²) >= 11 is 1.45. The van der Waals surface area contributed by atoms with Crippen LogP contribution in [0.2, 0.25) is 0 Å². The van der Waals surface area contributed by atoms with Crippen LogP contribution in [0.4, 0.5) is 5.69 Å². The summed E-state index contributed by atoms with van der Waals surface area (Å²) in [7, 11) is 0. The second-order valence-electron chi connectivity index (χ2n) is 5.83. The Morgan fingerprint density at radius 2 is 1.38 bits per heavy atom. The normalized spacial score (nSPS) is 10.5. The van der Waals surface area contributed by atoms with E-state index in [4.69, 9.17) is 0 Å². The molecule has 4 rings (SSSR count). The molecule has 0 aliphatic carbocycles. The highest BCUT2D eigenvalue weighted by atomic mass is 32.1. The molecule has 4 heteroatoms. The molecule has 1 N–H and O–H groups in total. The fourth-order valence-corrected chi connectivity index (χ4v) is 3.53. The molecule has 0 bridgehead atoms. The molecular weight excluding hydrogens is 340 g/mol. The summed E-state index contributed by atoms with van der Waals surface area (Å²) in [6.45, 7) is 0. The summed E-state index contributed by atoms with van der Waals surface area (Å²) in [4.78, 5) is 17.1. The first-order valence-electron chi connectivity index (χ1n) is 8.25. The Hall–Kier alpha value is -3.24. The van der Waals surface area contributed by atoms with E-state index in [0.29, 0.717) is 4.88 Å². The zero-order valence-electron chi connectivity index (χ0n) is 13.9. The number of hydrogen-bond acceptors (Lipinski definition) is 3. The molecule has 2 aromatic carbocycles. The molecule has 0 spiro atoms. The third-order valence-electron chi connectivity index (χ3n) is 4.09. The van der Waals surface area contributed by atoms with Gasteiger partial charge < -0.3 is 5.32 Å². The number of anilines is 1. The lowest BCUT2D eigenvalue weighted by atomic mass is 10.0. The first kappa shape index (κ1) is 16.2. The van der Waals surface area contributed by atoms with Gasteiger partial charge in [-0.1, -0.05) is 42.5 Å². The maximum absolute atomic E-state index is 12.4. The smallest absolute Gasteiger partial charge is 0.265 e. The minimum atomic E-state index is -0.0825. The zero-order valence-corrected chi connectivity index (χ0v) is 14.7. The van der Waals surface area contributed by atoms with Gasteiger partial charge in [0, 0.05) is 18.1 Å². The molecule has 0 saturated carbocycles. The van der Waals surface area contributed by atoms with Crippen LogP contribution in [0, 0.1) is 0 Å². The lowest BCUT2D eigenvalue weighted by molar-refractivity contribution is 0.103. The molecule has 0 aliphatic rings. The van der Waals surface area contributed by atoms with Crippen LogP contribution in [0.1, 0.15) is 9.67 Å². The van der Waals surface area contributed by atoms with E-state index < -0.39 is 0 Å². The summed E-state index contributed by atoms with van der Waals surface area (Å²) in [5.74, 6) is -0.0825. The van der Waals surface area contributed by atoms with Crippen molar-refractivity contribution in [2.24, 2.45) is 0 Å². The summed E-state index contributed by atoms with van der Waals surface area (Å²) in [6.07, 6.45) is 3.58. The number of pyridine rings is 1. The van der Waals surface area contributed by atoms with Gasteiger partial charge in [-0.05, 0) is 58.0 Å². The van der Waals surface area contributed by atoms with Gasteiger partial charge in [-0.3, -0.25) is 9.78 Å². The Labute approximate surface area is 156 Å². The van der Waals surface area contributed by atoms with E-state index in [0.717, 1.165) is 27.9 Å². The fourth-order valence-electron chi connectivity index (χ4n) is 2.72. The van der Waals surface area contributed by atoms with Crippen LogP contribution >= 0.6 is 11.3 Å². The Kier molecular flexibility index (Phi) is 4.58. The van der Waals surface area contributed by atoms with E-state index in [2.05, 4.69) is 34.6 Å². The summed E-state index contributed by atoms with van der Waals surface area (Å²) < 4.78 is 0. The van der Waals surface area contributed by atoms with E-state index in [1.165, 1.54) is 11.3 Å². The third-order valence-corrected chi connectivity index (χ3v) is 5.02. The lowest BCUT2D eigenvalue weighted by Crippen LogP contribution is -2.09. The first-order chi connectivity index (χ1) is 12.8. The van der Waals surface area contributed by atoms with Gasteiger partial charge in [0.1, 0.15) is 0 Å². The quantitative estimate of drug-likeness (QED) is 0.507. The molecule has 3 nitrogen and oxygen atoms in total. The molecule has 0 saturated heterocycles. The number of rotatable bonds is 4. The topological polar surface area (TPSA) is 42.0 Å². The average molecular weight is 356 g/mol. The van der Waals surface area contributed by atoms with E-state index in [-0.39, 0.29) is 5.91 Å². The number of thiophene rings is 1. The van der Waals surface area contributed by atoms with Crippen molar-refractivity contribution in [1.29, 1.82) is 0 Å². The van der Waals surface area contributed by atoms with Crippen molar-refractivity contribution in [1.82, 2.24) is 4.98 Å². The van der Waals surface area contributed by atoms with Crippen LogP contribution in [-0.2, 0) is 0 Å². The van der Waals surface area contributed by atoms with Gasteiger partial charge in [-0.25, -0.2) is 0 Å². The standard InChI is InChI=1S/C22H16N2OS/c25-22(24-20-4-2-1-3-5-20)21-14-19(15-26-21)17-8-6-16(7-9-17)18-10-12-23-13-11-18/h1-15H,(H,24,25). The molecule has 4 aromatic rings. The number of carbonyl (C=O) groups excluding carboxylic acids is 1. The van der Waals surface area contributed by atoms with Crippen molar-refractivity contribution in [3.8, 4) is 22.3 Å². The average Bonchev–Trinajstić information content (AvgIpc) is 3.20. The molecule has 26 heavy (non-hydrogen) atoms. The summed E-state index contributed by atoms with van der Waals surface area (Å²) in [6, 6.07) is 23.7. The number of carbonyl (C=O) groups is 1. The maximum Gasteiger partial charge on any atom is 0.265 e. The van der Waals surface area contributed by atoms with Crippen molar-refractivity contribution in [2.45, 2.75) is 0 Å². The number of amides is 1. The number of hydrogen-bond donors (Lipinski definition) is 1. The van der Waals surface area contributed by atoms with Crippen molar-refractivity contribution >= 4 is 22.9 Å². The monoisotopic (exact) mass is 356 g/mol. The van der Waals surface area contributed by atoms with Gasteiger partial charge in [0.05, 0.1) is 4.88 Å². The highest BCUT2D eigenvalue weighted by Gasteiger charge is 2.10. The predicted octanol–water partition coefficient (Wildman–Crippen LogP) is 5.73. The molecule has 0 radical (unpaired) electrons. The Bertz CT molecular complexity index is 1010. The SMILES string of the molecule is O=C(Nc1ccccc1)c1cc(-c2ccc(-c3ccncc3)cc2)cs1. The number of nitrogens with zero attached hydrogens (tertiary/aromatic N) is 1. The number of aromatic nitrogens is 1. The van der Waals surface area contributed by atoms with Crippen LogP contribution < -0.4 is 5.32 Å². The number of benzene rings is 2. The van der Waals surface area contributed by atoms with Gasteiger partial charge in [-0.2, -0.15) is 0 Å². The summed E-state index contributed by atoms with van der Waals surface area (Å²) in [5, 5.41) is 4.93. The second kappa shape index (κ2) is 7.33. The van der Waals surface area contributed by atoms with E-state index in [1.54, 1.807) is 12.4 Å². The zero-order chi connectivity index (χ0) is 17.8. The van der Waals surface area contributed by atoms with Crippen LogP contribution in [0.3, 0.4) is 0 Å². The van der Waals surface area contributed by atoms with Gasteiger partial charge in [0.15, 0.2) is 0 Å². The molecule has 126 valence electrons. The number of nitrogens with one attached hydrogen (secondary N) is 1. The van der Waals surface area contributed by atoms with Crippen LogP contribution in [-0.4, -0.2) is 10.9 Å². The second-order valence-corrected chi connectivity index (χ2v) is 6.74. The highest BCUT2D eigenvalue weighted by molar-refractivity contribution is 7.12. The maximum atomic E-state index is 12.4.